The van der Waals surface area contributed by atoms with Gasteiger partial charge < -0.3 is 9.84 Å². The van der Waals surface area contributed by atoms with Crippen molar-refractivity contribution in [2.45, 2.75) is 0 Å². The van der Waals surface area contributed by atoms with Gasteiger partial charge >= 0.3 is 5.97 Å². The maximum atomic E-state index is 12.2. The number of amides is 1. The summed E-state index contributed by atoms with van der Waals surface area (Å²) in [5, 5.41) is 9.42. The third kappa shape index (κ3) is 3.41. The molecule has 1 amide bonds. The number of hydrogen-bond acceptors (Lipinski definition) is 5. The van der Waals surface area contributed by atoms with Gasteiger partial charge in [-0.2, -0.15) is 0 Å². The molecule has 118 valence electrons. The highest BCUT2D eigenvalue weighted by Gasteiger charge is 2.33. The minimum atomic E-state index is -1.11. The van der Waals surface area contributed by atoms with E-state index in [-0.39, 0.29) is 4.32 Å². The van der Waals surface area contributed by atoms with E-state index in [9.17, 15) is 9.59 Å². The number of carboxylic acid groups (broad SMARTS) is 1. The molecule has 3 rings (SSSR count). The molecule has 0 aromatic heterocycles. The highest BCUT2D eigenvalue weighted by Crippen LogP contribution is 2.34. The van der Waals surface area contributed by atoms with Crippen LogP contribution >= 0.6 is 35.6 Å². The molecule has 0 bridgehead atoms. The van der Waals surface area contributed by atoms with E-state index in [0.717, 1.165) is 33.5 Å². The van der Waals surface area contributed by atoms with Crippen molar-refractivity contribution in [3.05, 3.63) is 45.3 Å². The molecule has 2 aliphatic rings. The van der Waals surface area contributed by atoms with Crippen LogP contribution in [0.3, 0.4) is 0 Å². The topological polar surface area (TPSA) is 66.8 Å². The molecule has 1 N–H and O–H groups in total. The molecule has 0 radical (unpaired) electrons. The largest absolute Gasteiger partial charge is 0.488 e. The molecule has 1 fully saturated rings. The van der Waals surface area contributed by atoms with Gasteiger partial charge in [-0.25, -0.2) is 0 Å². The summed E-state index contributed by atoms with van der Waals surface area (Å²) in [6, 6.07) is 5.31. The molecule has 0 unspecified atom stereocenters. The second-order valence-electron chi connectivity index (χ2n) is 4.85. The van der Waals surface area contributed by atoms with E-state index in [1.54, 1.807) is 24.3 Å². The van der Waals surface area contributed by atoms with Gasteiger partial charge in [0.05, 0.1) is 4.91 Å². The van der Waals surface area contributed by atoms with Crippen LogP contribution in [0.25, 0.3) is 6.08 Å². The summed E-state index contributed by atoms with van der Waals surface area (Å²) in [6.45, 7) is -0.117. The molecule has 0 spiro atoms. The number of nitrogens with zero attached hydrogens (tertiary/aromatic N) is 1. The van der Waals surface area contributed by atoms with Crippen LogP contribution in [0.5, 0.6) is 5.75 Å². The Bertz CT molecular complexity index is 788. The number of carbonyl (C=O) groups is 2. The Hall–Kier alpha value is -1.83. The minimum absolute atomic E-state index is 0.240. The van der Waals surface area contributed by atoms with Crippen molar-refractivity contribution < 1.29 is 19.4 Å². The molecule has 0 saturated carbocycles. The second kappa shape index (κ2) is 6.35. The Kier molecular flexibility index (Phi) is 4.43. The fourth-order valence-corrected chi connectivity index (χ4v) is 3.64. The summed E-state index contributed by atoms with van der Waals surface area (Å²) < 4.78 is 5.86. The lowest BCUT2D eigenvalue weighted by molar-refractivity contribution is -0.140. The van der Waals surface area contributed by atoms with E-state index in [4.69, 9.17) is 33.7 Å². The first-order chi connectivity index (χ1) is 10.9. The van der Waals surface area contributed by atoms with E-state index < -0.39 is 18.4 Å². The molecule has 5 nitrogen and oxygen atoms in total. The third-order valence-electron chi connectivity index (χ3n) is 3.19. The lowest BCUT2D eigenvalue weighted by Crippen LogP contribution is -2.33. The van der Waals surface area contributed by atoms with Crippen molar-refractivity contribution in [2.75, 3.05) is 13.2 Å². The van der Waals surface area contributed by atoms with Crippen molar-refractivity contribution in [1.29, 1.82) is 0 Å². The van der Waals surface area contributed by atoms with Crippen molar-refractivity contribution in [2.24, 2.45) is 0 Å². The summed E-state index contributed by atoms with van der Waals surface area (Å²) >= 11 is 12.1. The van der Waals surface area contributed by atoms with Gasteiger partial charge in [0.15, 0.2) is 0 Å². The SMILES string of the molecule is O=C(O)CN1C(=O)C(=CC2=Cc3cc(Cl)ccc3OC2)SC1=S. The summed E-state index contributed by atoms with van der Waals surface area (Å²) in [6.07, 6.45) is 3.56. The van der Waals surface area contributed by atoms with Crippen LogP contribution in [0.15, 0.2) is 34.8 Å². The molecule has 1 aromatic carbocycles. The number of thioether (sulfide) groups is 1. The van der Waals surface area contributed by atoms with Gasteiger partial charge in [0.1, 0.15) is 23.2 Å². The first-order valence-corrected chi connectivity index (χ1v) is 8.14. The van der Waals surface area contributed by atoms with Crippen LogP contribution < -0.4 is 4.74 Å². The summed E-state index contributed by atoms with van der Waals surface area (Å²) in [4.78, 5) is 24.5. The Morgan fingerprint density at radius 3 is 3.04 bits per heavy atom. The number of carbonyl (C=O) groups excluding carboxylic acids is 1. The zero-order valence-electron chi connectivity index (χ0n) is 11.6. The predicted molar refractivity (Wildman–Crippen MR) is 92.5 cm³/mol. The molecule has 2 heterocycles. The number of benzene rings is 1. The van der Waals surface area contributed by atoms with Crippen molar-refractivity contribution in [3.8, 4) is 5.75 Å². The quantitative estimate of drug-likeness (QED) is 0.654. The van der Waals surface area contributed by atoms with Crippen LogP contribution in [0.4, 0.5) is 0 Å². The van der Waals surface area contributed by atoms with Crippen molar-refractivity contribution in [3.63, 3.8) is 0 Å². The monoisotopic (exact) mass is 367 g/mol. The van der Waals surface area contributed by atoms with Gasteiger partial charge in [-0.05, 0) is 35.9 Å². The molecule has 0 aliphatic carbocycles. The number of fused-ring (bicyclic) bond motifs is 1. The smallest absolute Gasteiger partial charge is 0.323 e. The van der Waals surface area contributed by atoms with E-state index in [1.807, 2.05) is 6.08 Å². The standard InChI is InChI=1S/C15H10ClNO4S2/c16-10-1-2-11-9(5-10)3-8(7-21-11)4-12-14(20)17(6-13(18)19)15(22)23-12/h1-5H,6-7H2,(H,18,19). The molecule has 23 heavy (non-hydrogen) atoms. The van der Waals surface area contributed by atoms with Crippen molar-refractivity contribution in [1.82, 2.24) is 4.90 Å². The molecular formula is C15H10ClNO4S2. The molecular weight excluding hydrogens is 358 g/mol. The molecule has 8 heteroatoms. The second-order valence-corrected chi connectivity index (χ2v) is 6.96. The number of rotatable bonds is 3. The summed E-state index contributed by atoms with van der Waals surface area (Å²) in [5.41, 5.74) is 1.62. The Balaban J connectivity index is 1.86. The molecule has 1 saturated heterocycles. The van der Waals surface area contributed by atoms with E-state index in [2.05, 4.69) is 0 Å². The van der Waals surface area contributed by atoms with Crippen LogP contribution in [0.1, 0.15) is 5.56 Å². The maximum Gasteiger partial charge on any atom is 0.323 e. The normalized spacial score (nSPS) is 18.7. The maximum absolute atomic E-state index is 12.2. The third-order valence-corrected chi connectivity index (χ3v) is 4.80. The fourth-order valence-electron chi connectivity index (χ4n) is 2.19. The number of aliphatic carboxylic acids is 1. The van der Waals surface area contributed by atoms with E-state index in [0.29, 0.717) is 16.5 Å². The fraction of sp³-hybridized carbons (Fsp3) is 0.133. The lowest BCUT2D eigenvalue weighted by atomic mass is 10.1. The van der Waals surface area contributed by atoms with Gasteiger partial charge in [-0.1, -0.05) is 35.6 Å². The molecule has 1 aromatic rings. The van der Waals surface area contributed by atoms with Gasteiger partial charge in [0.2, 0.25) is 0 Å². The zero-order chi connectivity index (χ0) is 16.6. The first-order valence-electron chi connectivity index (χ1n) is 6.54. The van der Waals surface area contributed by atoms with E-state index in [1.165, 1.54) is 0 Å². The zero-order valence-corrected chi connectivity index (χ0v) is 14.0. The Labute approximate surface area is 146 Å². The number of thiocarbonyl (C=S) groups is 1. The number of hydrogen-bond donors (Lipinski definition) is 1. The highest BCUT2D eigenvalue weighted by atomic mass is 35.5. The van der Waals surface area contributed by atoms with Gasteiger partial charge in [0.25, 0.3) is 5.91 Å². The van der Waals surface area contributed by atoms with E-state index >= 15 is 0 Å². The Morgan fingerprint density at radius 2 is 2.30 bits per heavy atom. The summed E-state index contributed by atoms with van der Waals surface area (Å²) in [5.74, 6) is -0.781. The number of carboxylic acids is 1. The van der Waals surface area contributed by atoms with Gasteiger partial charge in [-0.15, -0.1) is 0 Å². The minimum Gasteiger partial charge on any atom is -0.488 e. The van der Waals surface area contributed by atoms with Crippen molar-refractivity contribution >= 4 is 57.9 Å². The predicted octanol–water partition coefficient (Wildman–Crippen LogP) is 2.94. The highest BCUT2D eigenvalue weighted by molar-refractivity contribution is 8.26. The number of ether oxygens (including phenoxy) is 1. The van der Waals surface area contributed by atoms with Crippen LogP contribution in [0, 0.1) is 0 Å². The first kappa shape index (κ1) is 16.0. The summed E-state index contributed by atoms with van der Waals surface area (Å²) in [7, 11) is 0. The molecule has 0 atom stereocenters. The van der Waals surface area contributed by atoms with Gasteiger partial charge in [-0.3, -0.25) is 14.5 Å². The van der Waals surface area contributed by atoms with Crippen LogP contribution in [0.2, 0.25) is 5.02 Å². The Morgan fingerprint density at radius 1 is 1.52 bits per heavy atom. The van der Waals surface area contributed by atoms with Crippen LogP contribution in [-0.4, -0.2) is 39.4 Å². The lowest BCUT2D eigenvalue weighted by Gasteiger charge is -2.16. The molecule has 2 aliphatic heterocycles. The average Bonchev–Trinajstić information content (AvgIpc) is 2.74. The van der Waals surface area contributed by atoms with Crippen LogP contribution in [-0.2, 0) is 9.59 Å². The number of halogens is 1. The average molecular weight is 368 g/mol. The van der Waals surface area contributed by atoms with Gasteiger partial charge in [0, 0.05) is 10.6 Å².